The van der Waals surface area contributed by atoms with Gasteiger partial charge in [-0.2, -0.15) is 28.6 Å². The molecule has 0 atom stereocenters. The number of allylic oxidation sites excluding steroid dienone is 1. The third kappa shape index (κ3) is 4.28. The van der Waals surface area contributed by atoms with Gasteiger partial charge in [-0.15, -0.1) is 4.80 Å². The average Bonchev–Trinajstić information content (AvgIpc) is 3.45. The average molecular weight is 520 g/mol. The molecule has 0 aliphatic carbocycles. The maximum atomic E-state index is 14.0. The van der Waals surface area contributed by atoms with E-state index in [0.29, 0.717) is 10.2 Å². The number of pyridine rings is 2. The molecular formula is C19H13BrF3N9O. The van der Waals surface area contributed by atoms with Crippen LogP contribution < -0.4 is 15.8 Å². The van der Waals surface area contributed by atoms with Crippen molar-refractivity contribution in [1.82, 2.24) is 30.4 Å². The first-order chi connectivity index (χ1) is 15.7. The molecule has 4 rings (SSSR count). The third-order valence-corrected chi connectivity index (χ3v) is 5.58. The molecule has 0 unspecified atom stereocenters. The summed E-state index contributed by atoms with van der Waals surface area (Å²) in [4.78, 5) is 22.0. The lowest BCUT2D eigenvalue weighted by Crippen LogP contribution is -2.37. The Morgan fingerprint density at radius 3 is 2.67 bits per heavy atom. The van der Waals surface area contributed by atoms with E-state index >= 15 is 0 Å². The van der Waals surface area contributed by atoms with Crippen LogP contribution in [-0.2, 0) is 4.79 Å². The summed E-state index contributed by atoms with van der Waals surface area (Å²) < 4.78 is 42.3. The van der Waals surface area contributed by atoms with Gasteiger partial charge >= 0.3 is 6.18 Å². The number of alkyl halides is 3. The van der Waals surface area contributed by atoms with Gasteiger partial charge < -0.3 is 5.32 Å². The Hall–Kier alpha value is -3.83. The molecule has 0 bridgehead atoms. The van der Waals surface area contributed by atoms with E-state index < -0.39 is 23.4 Å². The maximum absolute atomic E-state index is 14.0. The van der Waals surface area contributed by atoms with Crippen molar-refractivity contribution in [2.45, 2.75) is 13.1 Å². The minimum absolute atomic E-state index is 0.0244. The zero-order chi connectivity index (χ0) is 23.8. The summed E-state index contributed by atoms with van der Waals surface area (Å²) in [5, 5.41) is 20.3. The Bertz CT molecular complexity index is 1300. The molecule has 10 nitrogen and oxygen atoms in total. The van der Waals surface area contributed by atoms with Crippen molar-refractivity contribution in [3.8, 4) is 11.9 Å². The molecule has 0 fully saturated rings. The SMILES string of the molecule is Cc1nccc(N2NCC(C(=O)Nc3cnc(-n4nccn4)c(C#N)c3)=C2C(F)(F)F)c1Br. The highest BCUT2D eigenvalue weighted by Gasteiger charge is 2.46. The fourth-order valence-electron chi connectivity index (χ4n) is 3.15. The van der Waals surface area contributed by atoms with Crippen LogP contribution in [0.25, 0.3) is 5.82 Å². The first-order valence-electron chi connectivity index (χ1n) is 9.24. The lowest BCUT2D eigenvalue weighted by molar-refractivity contribution is -0.114. The molecule has 0 saturated heterocycles. The molecule has 0 aromatic carbocycles. The van der Waals surface area contributed by atoms with Gasteiger partial charge in [0.2, 0.25) is 0 Å². The predicted molar refractivity (Wildman–Crippen MR) is 113 cm³/mol. The molecule has 4 heterocycles. The predicted octanol–water partition coefficient (Wildman–Crippen LogP) is 2.78. The number of hydrogen-bond acceptors (Lipinski definition) is 8. The molecule has 0 spiro atoms. The van der Waals surface area contributed by atoms with Crippen LogP contribution in [0.2, 0.25) is 0 Å². The standard InChI is InChI=1S/C19H13BrF3N9O/c1-10-15(20)14(2-3-25-10)31-16(19(21,22)23)13(9-29-31)18(33)30-12-6-11(7-24)17(26-8-12)32-27-4-5-28-32/h2-6,8,29H,9H2,1H3,(H,30,33). The lowest BCUT2D eigenvalue weighted by Gasteiger charge is -2.25. The van der Waals surface area contributed by atoms with Gasteiger partial charge in [-0.1, -0.05) is 0 Å². The van der Waals surface area contributed by atoms with Crippen LogP contribution in [0.5, 0.6) is 0 Å². The normalized spacial score (nSPS) is 13.9. The largest absolute Gasteiger partial charge is 0.433 e. The Morgan fingerprint density at radius 2 is 2.00 bits per heavy atom. The molecule has 2 N–H and O–H groups in total. The van der Waals surface area contributed by atoms with Gasteiger partial charge in [-0.05, 0) is 35.0 Å². The van der Waals surface area contributed by atoms with E-state index in [2.05, 4.69) is 46.8 Å². The Kier molecular flexibility index (Phi) is 5.83. The Labute approximate surface area is 192 Å². The number of hydrazine groups is 1. The summed E-state index contributed by atoms with van der Waals surface area (Å²) in [6.07, 6.45) is 0.525. The minimum atomic E-state index is -4.83. The van der Waals surface area contributed by atoms with Gasteiger partial charge in [0.1, 0.15) is 17.3 Å². The molecule has 3 aromatic rings. The number of hydrogen-bond donors (Lipinski definition) is 2. The number of aryl methyl sites for hydroxylation is 1. The maximum Gasteiger partial charge on any atom is 0.433 e. The van der Waals surface area contributed by atoms with E-state index in [1.165, 1.54) is 36.9 Å². The number of rotatable bonds is 4. The van der Waals surface area contributed by atoms with Crippen LogP contribution in [0, 0.1) is 18.3 Å². The summed E-state index contributed by atoms with van der Waals surface area (Å²) in [6.45, 7) is 1.26. The topological polar surface area (TPSA) is 125 Å². The van der Waals surface area contributed by atoms with Crippen LogP contribution in [0.1, 0.15) is 11.3 Å². The van der Waals surface area contributed by atoms with Crippen LogP contribution >= 0.6 is 15.9 Å². The summed E-state index contributed by atoms with van der Waals surface area (Å²) in [7, 11) is 0. The molecule has 1 amide bonds. The van der Waals surface area contributed by atoms with E-state index in [1.54, 1.807) is 6.92 Å². The molecule has 1 aliphatic heterocycles. The van der Waals surface area contributed by atoms with Gasteiger partial charge in [-0.25, -0.2) is 10.4 Å². The Morgan fingerprint density at radius 1 is 1.27 bits per heavy atom. The number of halogens is 4. The van der Waals surface area contributed by atoms with Crippen LogP contribution in [0.4, 0.5) is 24.5 Å². The number of anilines is 2. The van der Waals surface area contributed by atoms with Gasteiger partial charge in [0.05, 0.1) is 45.7 Å². The van der Waals surface area contributed by atoms with Gasteiger partial charge in [0.25, 0.3) is 5.91 Å². The number of carbonyl (C=O) groups is 1. The third-order valence-electron chi connectivity index (χ3n) is 4.60. The van der Waals surface area contributed by atoms with E-state index in [9.17, 15) is 23.2 Å². The highest BCUT2D eigenvalue weighted by molar-refractivity contribution is 9.10. The fourth-order valence-corrected chi connectivity index (χ4v) is 3.57. The summed E-state index contributed by atoms with van der Waals surface area (Å²) in [6, 6.07) is 4.57. The molecule has 3 aromatic heterocycles. The number of nitrogens with zero attached hydrogens (tertiary/aromatic N) is 7. The fraction of sp³-hybridized carbons (Fsp3) is 0.158. The van der Waals surface area contributed by atoms with Gasteiger partial charge in [0, 0.05) is 12.7 Å². The van der Waals surface area contributed by atoms with Crippen molar-refractivity contribution in [3.05, 3.63) is 63.9 Å². The Balaban J connectivity index is 1.68. The first kappa shape index (κ1) is 22.4. The summed E-state index contributed by atoms with van der Waals surface area (Å²) >= 11 is 3.25. The van der Waals surface area contributed by atoms with E-state index in [0.717, 1.165) is 9.81 Å². The smallest absolute Gasteiger partial charge is 0.321 e. The zero-order valence-electron chi connectivity index (χ0n) is 16.7. The van der Waals surface area contributed by atoms with E-state index in [-0.39, 0.29) is 29.3 Å². The van der Waals surface area contributed by atoms with Crippen molar-refractivity contribution in [3.63, 3.8) is 0 Å². The van der Waals surface area contributed by atoms with Crippen LogP contribution in [0.15, 0.2) is 52.7 Å². The number of carbonyl (C=O) groups excluding carboxylic acids is 1. The number of aromatic nitrogens is 5. The monoisotopic (exact) mass is 519 g/mol. The quantitative estimate of drug-likeness (QED) is 0.539. The molecule has 14 heteroatoms. The minimum Gasteiger partial charge on any atom is -0.321 e. The van der Waals surface area contributed by atoms with E-state index in [4.69, 9.17) is 0 Å². The van der Waals surface area contributed by atoms with Crippen molar-refractivity contribution < 1.29 is 18.0 Å². The second-order valence-corrected chi connectivity index (χ2v) is 7.50. The lowest BCUT2D eigenvalue weighted by atomic mass is 10.1. The highest BCUT2D eigenvalue weighted by atomic mass is 79.9. The molecule has 168 valence electrons. The van der Waals surface area contributed by atoms with Crippen molar-refractivity contribution >= 4 is 33.2 Å². The molecule has 0 saturated carbocycles. The van der Waals surface area contributed by atoms with Crippen molar-refractivity contribution in [2.75, 3.05) is 16.9 Å². The molecule has 0 radical (unpaired) electrons. The summed E-state index contributed by atoms with van der Waals surface area (Å²) in [5.74, 6) is -0.878. The second kappa shape index (κ2) is 8.60. The van der Waals surface area contributed by atoms with Gasteiger partial charge in [-0.3, -0.25) is 14.8 Å². The molecular weight excluding hydrogens is 507 g/mol. The second-order valence-electron chi connectivity index (χ2n) is 6.70. The first-order valence-corrected chi connectivity index (χ1v) is 10.0. The molecule has 33 heavy (non-hydrogen) atoms. The zero-order valence-corrected chi connectivity index (χ0v) is 18.3. The van der Waals surface area contributed by atoms with E-state index in [1.807, 2.05) is 6.07 Å². The van der Waals surface area contributed by atoms with Crippen molar-refractivity contribution in [2.24, 2.45) is 0 Å². The van der Waals surface area contributed by atoms with Crippen molar-refractivity contribution in [1.29, 1.82) is 5.26 Å². The molecule has 1 aliphatic rings. The van der Waals surface area contributed by atoms with Gasteiger partial charge in [0.15, 0.2) is 5.82 Å². The number of amides is 1. The highest BCUT2D eigenvalue weighted by Crippen LogP contribution is 2.39. The number of nitrogens with one attached hydrogen (secondary N) is 2. The van der Waals surface area contributed by atoms with Crippen LogP contribution in [0.3, 0.4) is 0 Å². The number of nitriles is 1. The summed E-state index contributed by atoms with van der Waals surface area (Å²) in [5.41, 5.74) is 1.62. The van der Waals surface area contributed by atoms with Crippen LogP contribution in [-0.4, -0.2) is 43.6 Å².